The predicted octanol–water partition coefficient (Wildman–Crippen LogP) is 4.18. The lowest BCUT2D eigenvalue weighted by Gasteiger charge is -2.05. The molecule has 0 saturated carbocycles. The van der Waals surface area contributed by atoms with Gasteiger partial charge in [-0.15, -0.1) is 0 Å². The summed E-state index contributed by atoms with van der Waals surface area (Å²) in [6.07, 6.45) is 0. The minimum absolute atomic E-state index is 0.258. The highest BCUT2D eigenvalue weighted by Gasteiger charge is 2.21. The van der Waals surface area contributed by atoms with Crippen LogP contribution >= 0.6 is 0 Å². The summed E-state index contributed by atoms with van der Waals surface area (Å²) < 4.78 is 10.6. The Morgan fingerprint density at radius 3 is 2.47 bits per heavy atom. The quantitative estimate of drug-likeness (QED) is 0.756. The SMILES string of the molecule is CC.O=C1OCc2cc(Oc3ccccc3)ccc21. The van der Waals surface area contributed by atoms with E-state index in [9.17, 15) is 4.79 Å². The molecular formula is C16H16O3. The third-order valence-electron chi connectivity index (χ3n) is 2.63. The van der Waals surface area contributed by atoms with E-state index in [1.807, 2.05) is 50.2 Å². The second-order valence-electron chi connectivity index (χ2n) is 3.81. The minimum atomic E-state index is -0.258. The Bertz CT molecular complexity index is 561. The van der Waals surface area contributed by atoms with Crippen LogP contribution in [0.2, 0.25) is 0 Å². The number of hydrogen-bond donors (Lipinski definition) is 0. The van der Waals surface area contributed by atoms with Gasteiger partial charge in [0.25, 0.3) is 0 Å². The molecule has 0 amide bonds. The van der Waals surface area contributed by atoms with Crippen LogP contribution in [0.25, 0.3) is 0 Å². The van der Waals surface area contributed by atoms with E-state index in [0.717, 1.165) is 11.3 Å². The molecule has 3 rings (SSSR count). The van der Waals surface area contributed by atoms with Gasteiger partial charge in [-0.25, -0.2) is 4.79 Å². The van der Waals surface area contributed by atoms with Gasteiger partial charge in [-0.05, 0) is 30.3 Å². The molecule has 1 heterocycles. The first-order valence-corrected chi connectivity index (χ1v) is 6.36. The van der Waals surface area contributed by atoms with Gasteiger partial charge in [0.1, 0.15) is 18.1 Å². The minimum Gasteiger partial charge on any atom is -0.457 e. The summed E-state index contributed by atoms with van der Waals surface area (Å²) in [5.74, 6) is 1.23. The van der Waals surface area contributed by atoms with E-state index in [-0.39, 0.29) is 5.97 Å². The van der Waals surface area contributed by atoms with Crippen molar-refractivity contribution in [2.24, 2.45) is 0 Å². The molecule has 0 radical (unpaired) electrons. The lowest BCUT2D eigenvalue weighted by atomic mass is 10.1. The van der Waals surface area contributed by atoms with Gasteiger partial charge in [-0.1, -0.05) is 32.0 Å². The maximum absolute atomic E-state index is 11.3. The van der Waals surface area contributed by atoms with Crippen molar-refractivity contribution in [2.45, 2.75) is 20.5 Å². The first-order chi connectivity index (χ1) is 9.33. The zero-order chi connectivity index (χ0) is 13.7. The first-order valence-electron chi connectivity index (χ1n) is 6.36. The summed E-state index contributed by atoms with van der Waals surface area (Å²) in [6.45, 7) is 4.33. The molecule has 0 bridgehead atoms. The molecule has 19 heavy (non-hydrogen) atoms. The molecule has 0 N–H and O–H groups in total. The highest BCUT2D eigenvalue weighted by molar-refractivity contribution is 5.93. The van der Waals surface area contributed by atoms with Gasteiger partial charge < -0.3 is 9.47 Å². The van der Waals surface area contributed by atoms with Gasteiger partial charge in [-0.2, -0.15) is 0 Å². The topological polar surface area (TPSA) is 35.5 Å². The molecule has 0 fully saturated rings. The van der Waals surface area contributed by atoms with Crippen LogP contribution in [0.3, 0.4) is 0 Å². The van der Waals surface area contributed by atoms with E-state index >= 15 is 0 Å². The van der Waals surface area contributed by atoms with Crippen LogP contribution in [0.15, 0.2) is 48.5 Å². The zero-order valence-corrected chi connectivity index (χ0v) is 11.1. The van der Waals surface area contributed by atoms with Crippen LogP contribution in [0.5, 0.6) is 11.5 Å². The summed E-state index contributed by atoms with van der Waals surface area (Å²) in [5, 5.41) is 0. The lowest BCUT2D eigenvalue weighted by Crippen LogP contribution is -1.93. The molecular weight excluding hydrogens is 240 g/mol. The Balaban J connectivity index is 0.000000637. The van der Waals surface area contributed by atoms with Crippen molar-refractivity contribution in [1.29, 1.82) is 0 Å². The van der Waals surface area contributed by atoms with E-state index < -0.39 is 0 Å². The van der Waals surface area contributed by atoms with Gasteiger partial charge in [0.15, 0.2) is 0 Å². The van der Waals surface area contributed by atoms with Crippen molar-refractivity contribution in [2.75, 3.05) is 0 Å². The number of cyclic esters (lactones) is 1. The van der Waals surface area contributed by atoms with Crippen LogP contribution in [0, 0.1) is 0 Å². The van der Waals surface area contributed by atoms with Gasteiger partial charge in [0.05, 0.1) is 5.56 Å². The second-order valence-corrected chi connectivity index (χ2v) is 3.81. The third-order valence-corrected chi connectivity index (χ3v) is 2.63. The zero-order valence-electron chi connectivity index (χ0n) is 11.1. The number of carbonyl (C=O) groups is 1. The average Bonchev–Trinajstić information content (AvgIpc) is 2.83. The number of carbonyl (C=O) groups excluding carboxylic acids is 1. The number of fused-ring (bicyclic) bond motifs is 1. The molecule has 1 aliphatic heterocycles. The second kappa shape index (κ2) is 6.05. The third kappa shape index (κ3) is 2.94. The fraction of sp³-hybridized carbons (Fsp3) is 0.188. The number of benzene rings is 2. The fourth-order valence-corrected chi connectivity index (χ4v) is 1.80. The summed E-state index contributed by atoms with van der Waals surface area (Å²) in [7, 11) is 0. The van der Waals surface area contributed by atoms with Crippen molar-refractivity contribution >= 4 is 5.97 Å². The molecule has 0 unspecified atom stereocenters. The van der Waals surface area contributed by atoms with Crippen molar-refractivity contribution in [1.82, 2.24) is 0 Å². The van der Waals surface area contributed by atoms with Crippen molar-refractivity contribution < 1.29 is 14.3 Å². The summed E-state index contributed by atoms with van der Waals surface area (Å²) in [6, 6.07) is 14.9. The van der Waals surface area contributed by atoms with Gasteiger partial charge in [0, 0.05) is 5.56 Å². The molecule has 0 aliphatic carbocycles. The molecule has 1 aliphatic rings. The molecule has 98 valence electrons. The van der Waals surface area contributed by atoms with Crippen LogP contribution in [0.4, 0.5) is 0 Å². The van der Waals surface area contributed by atoms with Crippen molar-refractivity contribution in [3.8, 4) is 11.5 Å². The summed E-state index contributed by atoms with van der Waals surface area (Å²) in [5.41, 5.74) is 1.51. The monoisotopic (exact) mass is 256 g/mol. The largest absolute Gasteiger partial charge is 0.457 e. The normalized spacial score (nSPS) is 12.0. The van der Waals surface area contributed by atoms with Gasteiger partial charge >= 0.3 is 5.97 Å². The fourth-order valence-electron chi connectivity index (χ4n) is 1.80. The van der Waals surface area contributed by atoms with E-state index in [0.29, 0.717) is 17.9 Å². The van der Waals surface area contributed by atoms with E-state index in [1.165, 1.54) is 0 Å². The molecule has 3 heteroatoms. The molecule has 0 atom stereocenters. The number of esters is 1. The highest BCUT2D eigenvalue weighted by atomic mass is 16.5. The smallest absolute Gasteiger partial charge is 0.338 e. The van der Waals surface area contributed by atoms with Crippen molar-refractivity contribution in [3.05, 3.63) is 59.7 Å². The summed E-state index contributed by atoms with van der Waals surface area (Å²) >= 11 is 0. The number of para-hydroxylation sites is 1. The Morgan fingerprint density at radius 1 is 1.00 bits per heavy atom. The Kier molecular flexibility index (Phi) is 4.18. The van der Waals surface area contributed by atoms with Crippen LogP contribution < -0.4 is 4.74 Å². The van der Waals surface area contributed by atoms with Crippen LogP contribution in [0.1, 0.15) is 29.8 Å². The van der Waals surface area contributed by atoms with E-state index in [2.05, 4.69) is 0 Å². The molecule has 0 spiro atoms. The van der Waals surface area contributed by atoms with E-state index in [1.54, 1.807) is 12.1 Å². The first kappa shape index (κ1) is 13.1. The molecule has 0 aromatic heterocycles. The van der Waals surface area contributed by atoms with Crippen LogP contribution in [-0.2, 0) is 11.3 Å². The predicted molar refractivity (Wildman–Crippen MR) is 73.4 cm³/mol. The summed E-state index contributed by atoms with van der Waals surface area (Å²) in [4.78, 5) is 11.3. The Hall–Kier alpha value is -2.29. The Labute approximate surface area is 112 Å². The molecule has 0 saturated heterocycles. The maximum Gasteiger partial charge on any atom is 0.338 e. The lowest BCUT2D eigenvalue weighted by molar-refractivity contribution is 0.0535. The Morgan fingerprint density at radius 2 is 1.74 bits per heavy atom. The maximum atomic E-state index is 11.3. The number of hydrogen-bond acceptors (Lipinski definition) is 3. The van der Waals surface area contributed by atoms with Gasteiger partial charge in [0.2, 0.25) is 0 Å². The highest BCUT2D eigenvalue weighted by Crippen LogP contribution is 2.27. The molecule has 2 aromatic carbocycles. The number of ether oxygens (including phenoxy) is 2. The van der Waals surface area contributed by atoms with Crippen LogP contribution in [-0.4, -0.2) is 5.97 Å². The number of rotatable bonds is 2. The molecule has 3 nitrogen and oxygen atoms in total. The average molecular weight is 256 g/mol. The van der Waals surface area contributed by atoms with Crippen molar-refractivity contribution in [3.63, 3.8) is 0 Å². The standard InChI is InChI=1S/C14H10O3.C2H6/c15-14-13-7-6-12(8-10(13)9-16-14)17-11-4-2-1-3-5-11;1-2/h1-8H,9H2;1-2H3. The van der Waals surface area contributed by atoms with E-state index in [4.69, 9.17) is 9.47 Å². The molecule has 2 aromatic rings. The van der Waals surface area contributed by atoms with Gasteiger partial charge in [-0.3, -0.25) is 0 Å².